The van der Waals surface area contributed by atoms with Gasteiger partial charge in [-0.25, -0.2) is 0 Å². The third-order valence-electron chi connectivity index (χ3n) is 5.63. The molecule has 2 amide bonds. The Labute approximate surface area is 192 Å². The molecule has 0 atom stereocenters. The topological polar surface area (TPSA) is 93.9 Å². The van der Waals surface area contributed by atoms with Crippen LogP contribution in [0.4, 0.5) is 0 Å². The van der Waals surface area contributed by atoms with Crippen molar-refractivity contribution < 1.29 is 23.6 Å². The molecule has 4 rings (SSSR count). The van der Waals surface area contributed by atoms with E-state index in [0.29, 0.717) is 56.3 Å². The maximum Gasteiger partial charge on any atom is 0.254 e. The average Bonchev–Trinajstić information content (AvgIpc) is 3.18. The van der Waals surface area contributed by atoms with Gasteiger partial charge in [0.05, 0.1) is 24.5 Å². The highest BCUT2D eigenvalue weighted by Gasteiger charge is 2.18. The van der Waals surface area contributed by atoms with E-state index in [2.05, 4.69) is 10.5 Å². The third-order valence-corrected chi connectivity index (χ3v) is 5.63. The van der Waals surface area contributed by atoms with Crippen molar-refractivity contribution in [2.45, 2.75) is 27.0 Å². The molecule has 1 N–H and O–H groups in total. The van der Waals surface area contributed by atoms with Gasteiger partial charge in [0.25, 0.3) is 11.8 Å². The molecular formula is C25H27N3O5. The number of carbonyl (C=O) groups is 2. The lowest BCUT2D eigenvalue weighted by Crippen LogP contribution is -2.40. The van der Waals surface area contributed by atoms with E-state index in [1.54, 1.807) is 41.3 Å². The van der Waals surface area contributed by atoms with Crippen LogP contribution in [0.2, 0.25) is 0 Å². The lowest BCUT2D eigenvalue weighted by Gasteiger charge is -2.26. The molecule has 33 heavy (non-hydrogen) atoms. The van der Waals surface area contributed by atoms with Gasteiger partial charge in [0, 0.05) is 30.8 Å². The minimum atomic E-state index is -0.180. The van der Waals surface area contributed by atoms with Crippen LogP contribution in [0.15, 0.2) is 53.1 Å². The Bertz CT molecular complexity index is 1080. The maximum absolute atomic E-state index is 12.5. The summed E-state index contributed by atoms with van der Waals surface area (Å²) >= 11 is 0. The summed E-state index contributed by atoms with van der Waals surface area (Å²) in [6.07, 6.45) is 0. The summed E-state index contributed by atoms with van der Waals surface area (Å²) in [6, 6.07) is 14.3. The Balaban J connectivity index is 1.27. The number of amides is 2. The molecular weight excluding hydrogens is 422 g/mol. The van der Waals surface area contributed by atoms with E-state index < -0.39 is 0 Å². The van der Waals surface area contributed by atoms with E-state index in [1.165, 1.54) is 0 Å². The van der Waals surface area contributed by atoms with Crippen molar-refractivity contribution in [2.24, 2.45) is 0 Å². The number of morpholine rings is 1. The Kier molecular flexibility index (Phi) is 7.04. The molecule has 1 fully saturated rings. The van der Waals surface area contributed by atoms with Crippen molar-refractivity contribution in [1.82, 2.24) is 15.4 Å². The molecule has 1 aliphatic rings. The molecule has 8 heteroatoms. The Hall–Kier alpha value is -3.65. The quantitative estimate of drug-likeness (QED) is 0.595. The van der Waals surface area contributed by atoms with Gasteiger partial charge in [-0.05, 0) is 55.8 Å². The van der Waals surface area contributed by atoms with E-state index >= 15 is 0 Å². The lowest BCUT2D eigenvalue weighted by molar-refractivity contribution is 0.0303. The standard InChI is InChI=1S/C25H27N3O5/c1-17-23(18(2)33-27-17)16-32-22-9-7-20(8-10-22)24(29)26-15-19-3-5-21(6-4-19)25(30)28-11-13-31-14-12-28/h3-10H,11-16H2,1-2H3,(H,26,29). The smallest absolute Gasteiger partial charge is 0.254 e. The van der Waals surface area contributed by atoms with E-state index in [-0.39, 0.29) is 11.8 Å². The summed E-state index contributed by atoms with van der Waals surface area (Å²) in [5.41, 5.74) is 3.83. The van der Waals surface area contributed by atoms with Crippen LogP contribution in [0.5, 0.6) is 5.75 Å². The number of benzene rings is 2. The van der Waals surface area contributed by atoms with Crippen molar-refractivity contribution in [3.63, 3.8) is 0 Å². The number of rotatable bonds is 7. The average molecular weight is 450 g/mol. The van der Waals surface area contributed by atoms with Crippen molar-refractivity contribution in [3.8, 4) is 5.75 Å². The number of aryl methyl sites for hydroxylation is 2. The highest BCUT2D eigenvalue weighted by Crippen LogP contribution is 2.18. The molecule has 8 nitrogen and oxygen atoms in total. The second kappa shape index (κ2) is 10.3. The number of nitrogens with zero attached hydrogens (tertiary/aromatic N) is 2. The summed E-state index contributed by atoms with van der Waals surface area (Å²) < 4.78 is 16.2. The molecule has 2 heterocycles. The first kappa shape index (κ1) is 22.5. The summed E-state index contributed by atoms with van der Waals surface area (Å²) in [4.78, 5) is 26.8. The van der Waals surface area contributed by atoms with Gasteiger partial charge in [-0.3, -0.25) is 9.59 Å². The monoisotopic (exact) mass is 449 g/mol. The molecule has 0 bridgehead atoms. The summed E-state index contributed by atoms with van der Waals surface area (Å²) in [7, 11) is 0. The van der Waals surface area contributed by atoms with Gasteiger partial charge in [-0.15, -0.1) is 0 Å². The van der Waals surface area contributed by atoms with E-state index in [9.17, 15) is 9.59 Å². The van der Waals surface area contributed by atoms with Gasteiger partial charge in [0.15, 0.2) is 0 Å². The summed E-state index contributed by atoms with van der Waals surface area (Å²) in [6.45, 7) is 6.82. The van der Waals surface area contributed by atoms with Gasteiger partial charge >= 0.3 is 0 Å². The highest BCUT2D eigenvalue weighted by molar-refractivity contribution is 5.95. The van der Waals surface area contributed by atoms with Gasteiger partial charge in [0.1, 0.15) is 18.1 Å². The first-order chi connectivity index (χ1) is 16.0. The molecule has 0 radical (unpaired) electrons. The summed E-state index contributed by atoms with van der Waals surface area (Å²) in [5, 5.41) is 6.82. The predicted octanol–water partition coefficient (Wildman–Crippen LogP) is 3.27. The fourth-order valence-corrected chi connectivity index (χ4v) is 3.56. The second-order valence-corrected chi connectivity index (χ2v) is 7.90. The molecule has 0 saturated carbocycles. The van der Waals surface area contributed by atoms with E-state index in [1.807, 2.05) is 26.0 Å². The highest BCUT2D eigenvalue weighted by atomic mass is 16.5. The van der Waals surface area contributed by atoms with Crippen molar-refractivity contribution in [3.05, 3.63) is 82.2 Å². The Morgan fingerprint density at radius 2 is 1.67 bits per heavy atom. The SMILES string of the molecule is Cc1noc(C)c1COc1ccc(C(=O)NCc2ccc(C(=O)N3CCOCC3)cc2)cc1. The molecule has 3 aromatic rings. The molecule has 1 saturated heterocycles. The van der Waals surface area contributed by atoms with Crippen LogP contribution < -0.4 is 10.1 Å². The zero-order valence-corrected chi connectivity index (χ0v) is 18.8. The van der Waals surface area contributed by atoms with Gasteiger partial charge in [0.2, 0.25) is 0 Å². The number of nitrogens with one attached hydrogen (secondary N) is 1. The first-order valence-electron chi connectivity index (χ1n) is 10.9. The predicted molar refractivity (Wildman–Crippen MR) is 121 cm³/mol. The van der Waals surface area contributed by atoms with Crippen LogP contribution in [-0.4, -0.2) is 48.2 Å². The summed E-state index contributed by atoms with van der Waals surface area (Å²) in [5.74, 6) is 1.22. The van der Waals surface area contributed by atoms with Crippen LogP contribution in [0.1, 0.15) is 43.3 Å². The third kappa shape index (κ3) is 5.59. The minimum Gasteiger partial charge on any atom is -0.489 e. The zero-order chi connectivity index (χ0) is 23.2. The fourth-order valence-electron chi connectivity index (χ4n) is 3.56. The van der Waals surface area contributed by atoms with Gasteiger partial charge in [-0.2, -0.15) is 0 Å². The molecule has 1 aromatic heterocycles. The van der Waals surface area contributed by atoms with Crippen LogP contribution in [0.3, 0.4) is 0 Å². The van der Waals surface area contributed by atoms with Crippen molar-refractivity contribution >= 4 is 11.8 Å². The molecule has 0 spiro atoms. The maximum atomic E-state index is 12.5. The van der Waals surface area contributed by atoms with Crippen LogP contribution in [0.25, 0.3) is 0 Å². The number of hydrogen-bond donors (Lipinski definition) is 1. The molecule has 0 unspecified atom stereocenters. The number of carbonyl (C=O) groups excluding carboxylic acids is 2. The van der Waals surface area contributed by atoms with Crippen LogP contribution in [0, 0.1) is 13.8 Å². The molecule has 0 aliphatic carbocycles. The van der Waals surface area contributed by atoms with Gasteiger partial charge < -0.3 is 24.2 Å². The van der Waals surface area contributed by atoms with E-state index in [0.717, 1.165) is 22.6 Å². The second-order valence-electron chi connectivity index (χ2n) is 7.90. The lowest BCUT2D eigenvalue weighted by atomic mass is 10.1. The zero-order valence-electron chi connectivity index (χ0n) is 18.8. The molecule has 172 valence electrons. The van der Waals surface area contributed by atoms with Crippen molar-refractivity contribution in [2.75, 3.05) is 26.3 Å². The number of hydrogen-bond acceptors (Lipinski definition) is 6. The van der Waals surface area contributed by atoms with Crippen LogP contribution >= 0.6 is 0 Å². The van der Waals surface area contributed by atoms with Crippen LogP contribution in [-0.2, 0) is 17.9 Å². The van der Waals surface area contributed by atoms with Crippen molar-refractivity contribution in [1.29, 1.82) is 0 Å². The largest absolute Gasteiger partial charge is 0.489 e. The van der Waals surface area contributed by atoms with Gasteiger partial charge in [-0.1, -0.05) is 17.3 Å². The normalized spacial score (nSPS) is 13.6. The fraction of sp³-hybridized carbons (Fsp3) is 0.320. The van der Waals surface area contributed by atoms with E-state index in [4.69, 9.17) is 14.0 Å². The molecule has 1 aliphatic heterocycles. The Morgan fingerprint density at radius 3 is 2.30 bits per heavy atom. The minimum absolute atomic E-state index is 0.00514. The number of aromatic nitrogens is 1. The number of ether oxygens (including phenoxy) is 2. The molecule has 2 aromatic carbocycles. The Morgan fingerprint density at radius 1 is 1.00 bits per heavy atom. The first-order valence-corrected chi connectivity index (χ1v) is 10.9.